The van der Waals surface area contributed by atoms with Crippen molar-refractivity contribution in [3.8, 4) is 33.8 Å². The predicted molar refractivity (Wildman–Crippen MR) is 118 cm³/mol. The van der Waals surface area contributed by atoms with E-state index < -0.39 is 0 Å². The number of nitrogens with one attached hydrogen (secondary N) is 2. The Hall–Kier alpha value is -4.46. The largest absolute Gasteiger partial charge is 0.321 e. The smallest absolute Gasteiger partial charge is 0.161 e. The van der Waals surface area contributed by atoms with Crippen LogP contribution in [0.5, 0.6) is 0 Å². The molecule has 0 radical (unpaired) electrons. The van der Waals surface area contributed by atoms with Crippen molar-refractivity contribution in [2.45, 2.75) is 6.92 Å². The zero-order chi connectivity index (χ0) is 20.8. The number of aromatic amines is 2. The first-order valence-electron chi connectivity index (χ1n) is 9.78. The highest BCUT2D eigenvalue weighted by Crippen LogP contribution is 2.32. The van der Waals surface area contributed by atoms with E-state index in [-0.39, 0.29) is 0 Å². The van der Waals surface area contributed by atoms with Crippen molar-refractivity contribution in [3.05, 3.63) is 73.1 Å². The summed E-state index contributed by atoms with van der Waals surface area (Å²) >= 11 is 0. The number of rotatable bonds is 3. The first-order chi connectivity index (χ1) is 15.3. The fourth-order valence-electron chi connectivity index (χ4n) is 3.78. The van der Waals surface area contributed by atoms with Gasteiger partial charge in [-0.1, -0.05) is 0 Å². The molecule has 2 N–H and O–H groups in total. The summed E-state index contributed by atoms with van der Waals surface area (Å²) in [6.45, 7) is 2.06. The topological polar surface area (TPSA) is 109 Å². The van der Waals surface area contributed by atoms with E-state index in [9.17, 15) is 0 Å². The number of H-pyrrole nitrogens is 2. The second-order valence-electron chi connectivity index (χ2n) is 7.26. The van der Waals surface area contributed by atoms with Crippen molar-refractivity contribution in [3.63, 3.8) is 0 Å². The molecule has 0 aromatic carbocycles. The molecule has 8 heteroatoms. The number of imidazole rings is 1. The lowest BCUT2D eigenvalue weighted by Crippen LogP contribution is -1.87. The molecule has 8 nitrogen and oxygen atoms in total. The highest BCUT2D eigenvalue weighted by molar-refractivity contribution is 5.96. The summed E-state index contributed by atoms with van der Waals surface area (Å²) in [5.41, 5.74) is 8.05. The Balaban J connectivity index is 1.52. The molecule has 0 unspecified atom stereocenters. The molecule has 6 rings (SSSR count). The molecule has 6 aromatic heterocycles. The number of aryl methyl sites for hydroxylation is 1. The van der Waals surface area contributed by atoms with E-state index in [4.69, 9.17) is 4.98 Å². The van der Waals surface area contributed by atoms with E-state index in [1.54, 1.807) is 24.8 Å². The van der Waals surface area contributed by atoms with Crippen molar-refractivity contribution in [1.29, 1.82) is 0 Å². The van der Waals surface area contributed by atoms with Crippen molar-refractivity contribution in [2.75, 3.05) is 0 Å². The standard InChI is InChI=1S/C23H16N8/c1-13-2-6-25-12-18(13)15-10-17-20(30-31-21(17)27-11-15)23-28-19-16(5-9-26-22(19)29-23)14-3-7-24-8-4-14/h2-12H,1H3,(H,26,28,29)(H,27,30,31). The van der Waals surface area contributed by atoms with Crippen LogP contribution in [0.3, 0.4) is 0 Å². The van der Waals surface area contributed by atoms with E-state index in [0.29, 0.717) is 22.8 Å². The minimum atomic E-state index is 0.636. The van der Waals surface area contributed by atoms with Crippen LogP contribution in [0.25, 0.3) is 56.0 Å². The average molecular weight is 404 g/mol. The Labute approximate surface area is 176 Å². The van der Waals surface area contributed by atoms with Gasteiger partial charge in [0.2, 0.25) is 0 Å². The normalized spacial score (nSPS) is 11.4. The molecule has 0 saturated carbocycles. The lowest BCUT2D eigenvalue weighted by Gasteiger charge is -2.04. The Bertz CT molecular complexity index is 1550. The fraction of sp³-hybridized carbons (Fsp3) is 0.0435. The van der Waals surface area contributed by atoms with E-state index >= 15 is 0 Å². The van der Waals surface area contributed by atoms with Gasteiger partial charge in [-0.05, 0) is 48.4 Å². The molecule has 0 aliphatic heterocycles. The van der Waals surface area contributed by atoms with Crippen molar-refractivity contribution < 1.29 is 0 Å². The highest BCUT2D eigenvalue weighted by Gasteiger charge is 2.17. The summed E-state index contributed by atoms with van der Waals surface area (Å²) in [5.74, 6) is 0.636. The van der Waals surface area contributed by atoms with Gasteiger partial charge in [-0.15, -0.1) is 0 Å². The zero-order valence-electron chi connectivity index (χ0n) is 16.5. The number of hydrogen-bond acceptors (Lipinski definition) is 6. The van der Waals surface area contributed by atoms with Crippen molar-refractivity contribution in [2.24, 2.45) is 0 Å². The van der Waals surface area contributed by atoms with E-state index in [1.165, 1.54) is 0 Å². The predicted octanol–water partition coefficient (Wildman–Crippen LogP) is 4.33. The molecular weight excluding hydrogens is 388 g/mol. The van der Waals surface area contributed by atoms with Crippen LogP contribution >= 0.6 is 0 Å². The minimum absolute atomic E-state index is 0.636. The maximum absolute atomic E-state index is 4.84. The first-order valence-corrected chi connectivity index (χ1v) is 9.78. The van der Waals surface area contributed by atoms with Crippen LogP contribution in [-0.4, -0.2) is 40.1 Å². The van der Waals surface area contributed by atoms with Crippen LogP contribution in [0, 0.1) is 6.92 Å². The quantitative estimate of drug-likeness (QED) is 0.454. The third-order valence-corrected chi connectivity index (χ3v) is 5.37. The maximum atomic E-state index is 4.84. The molecule has 0 aliphatic rings. The van der Waals surface area contributed by atoms with Crippen LogP contribution in [0.2, 0.25) is 0 Å². The molecule has 0 aliphatic carbocycles. The molecule has 31 heavy (non-hydrogen) atoms. The van der Waals surface area contributed by atoms with Gasteiger partial charge >= 0.3 is 0 Å². The van der Waals surface area contributed by atoms with E-state index in [2.05, 4.69) is 48.1 Å². The number of fused-ring (bicyclic) bond motifs is 2. The summed E-state index contributed by atoms with van der Waals surface area (Å²) in [7, 11) is 0. The first kappa shape index (κ1) is 17.4. The van der Waals surface area contributed by atoms with Crippen LogP contribution in [0.1, 0.15) is 5.56 Å². The second-order valence-corrected chi connectivity index (χ2v) is 7.26. The molecule has 0 fully saturated rings. The van der Waals surface area contributed by atoms with Gasteiger partial charge in [0.15, 0.2) is 17.1 Å². The molecule has 0 bridgehead atoms. The van der Waals surface area contributed by atoms with Crippen LogP contribution in [0.15, 0.2) is 67.5 Å². The van der Waals surface area contributed by atoms with E-state index in [0.717, 1.165) is 38.7 Å². The van der Waals surface area contributed by atoms with Crippen molar-refractivity contribution >= 4 is 22.2 Å². The van der Waals surface area contributed by atoms with Gasteiger partial charge in [-0.25, -0.2) is 15.0 Å². The molecule has 0 spiro atoms. The third-order valence-electron chi connectivity index (χ3n) is 5.37. The van der Waals surface area contributed by atoms with Gasteiger partial charge in [0.1, 0.15) is 11.2 Å². The van der Waals surface area contributed by atoms with E-state index in [1.807, 2.05) is 36.7 Å². The van der Waals surface area contributed by atoms with Crippen LogP contribution < -0.4 is 0 Å². The Morgan fingerprint density at radius 3 is 2.52 bits per heavy atom. The summed E-state index contributed by atoms with van der Waals surface area (Å²) in [6.07, 6.45) is 10.8. The summed E-state index contributed by atoms with van der Waals surface area (Å²) in [6, 6.07) is 9.92. The lowest BCUT2D eigenvalue weighted by molar-refractivity contribution is 1.09. The number of aromatic nitrogens is 8. The van der Waals surface area contributed by atoms with Crippen LogP contribution in [0.4, 0.5) is 0 Å². The highest BCUT2D eigenvalue weighted by atomic mass is 15.2. The SMILES string of the molecule is Cc1ccncc1-c1cnc2[nH]nc(-c3nc4c(-c5ccncc5)ccnc4[nH]3)c2c1. The summed E-state index contributed by atoms with van der Waals surface area (Å²) in [4.78, 5) is 25.5. The molecule has 0 amide bonds. The fourth-order valence-corrected chi connectivity index (χ4v) is 3.78. The molecule has 6 heterocycles. The minimum Gasteiger partial charge on any atom is -0.321 e. The average Bonchev–Trinajstić information content (AvgIpc) is 3.43. The molecular formula is C23H16N8. The monoisotopic (exact) mass is 404 g/mol. The molecule has 0 atom stereocenters. The molecule has 0 saturated heterocycles. The maximum Gasteiger partial charge on any atom is 0.161 e. The Kier molecular flexibility index (Phi) is 3.82. The lowest BCUT2D eigenvalue weighted by atomic mass is 10.0. The Morgan fingerprint density at radius 1 is 0.774 bits per heavy atom. The molecule has 6 aromatic rings. The summed E-state index contributed by atoms with van der Waals surface area (Å²) < 4.78 is 0. The number of pyridine rings is 4. The number of hydrogen-bond donors (Lipinski definition) is 2. The van der Waals surface area contributed by atoms with Gasteiger partial charge in [0, 0.05) is 53.9 Å². The van der Waals surface area contributed by atoms with Gasteiger partial charge in [0.05, 0.1) is 5.39 Å². The van der Waals surface area contributed by atoms with Gasteiger partial charge in [-0.3, -0.25) is 15.1 Å². The molecule has 148 valence electrons. The van der Waals surface area contributed by atoms with Crippen LogP contribution in [-0.2, 0) is 0 Å². The third kappa shape index (κ3) is 2.84. The zero-order valence-corrected chi connectivity index (χ0v) is 16.5. The van der Waals surface area contributed by atoms with Gasteiger partial charge in [-0.2, -0.15) is 5.10 Å². The van der Waals surface area contributed by atoms with Gasteiger partial charge in [0.25, 0.3) is 0 Å². The Morgan fingerprint density at radius 2 is 1.65 bits per heavy atom. The van der Waals surface area contributed by atoms with Gasteiger partial charge < -0.3 is 4.98 Å². The second kappa shape index (κ2) is 6.81. The number of nitrogens with zero attached hydrogens (tertiary/aromatic N) is 6. The summed E-state index contributed by atoms with van der Waals surface area (Å²) in [5, 5.41) is 8.37. The van der Waals surface area contributed by atoms with Crippen molar-refractivity contribution in [1.82, 2.24) is 40.1 Å².